The van der Waals surface area contributed by atoms with Crippen LogP contribution in [-0.4, -0.2) is 17.9 Å². The molecular formula is C18H25N3O2S. The van der Waals surface area contributed by atoms with E-state index in [1.54, 1.807) is 14.0 Å². The first-order chi connectivity index (χ1) is 11.6. The van der Waals surface area contributed by atoms with Crippen molar-refractivity contribution in [1.29, 1.82) is 0 Å². The fourth-order valence-electron chi connectivity index (χ4n) is 2.43. The first kappa shape index (κ1) is 18.3. The van der Waals surface area contributed by atoms with Gasteiger partial charge in [-0.3, -0.25) is 4.79 Å². The number of aromatic nitrogens is 1. The molecule has 0 saturated heterocycles. The smallest absolute Gasteiger partial charge is 0.189 e. The number of nitrogens with two attached hydrogens (primary N) is 1. The zero-order valence-corrected chi connectivity index (χ0v) is 15.1. The van der Waals surface area contributed by atoms with E-state index in [0.717, 1.165) is 11.4 Å². The number of carbonyl (C=O) groups excluding carboxylic acids is 1. The molecule has 0 spiro atoms. The van der Waals surface area contributed by atoms with E-state index in [0.29, 0.717) is 16.4 Å². The lowest BCUT2D eigenvalue weighted by Gasteiger charge is -2.03. The van der Waals surface area contributed by atoms with Crippen LogP contribution in [0.2, 0.25) is 0 Å². The van der Waals surface area contributed by atoms with E-state index in [1.165, 1.54) is 43.4 Å². The average molecular weight is 347 g/mol. The number of nitrogen functional groups attached to an aromatic ring is 1. The third-order valence-corrected chi connectivity index (χ3v) is 4.85. The van der Waals surface area contributed by atoms with Gasteiger partial charge in [0.05, 0.1) is 7.11 Å². The zero-order valence-electron chi connectivity index (χ0n) is 14.3. The molecule has 1 aliphatic carbocycles. The molecular weight excluding hydrogens is 322 g/mol. The number of carbonyl (C=O) groups is 1. The summed E-state index contributed by atoms with van der Waals surface area (Å²) >= 11 is 1.27. The summed E-state index contributed by atoms with van der Waals surface area (Å²) in [6, 6.07) is 7.43. The van der Waals surface area contributed by atoms with Crippen molar-refractivity contribution in [3.8, 4) is 5.75 Å². The molecule has 1 saturated carbocycles. The van der Waals surface area contributed by atoms with Crippen LogP contribution in [0.1, 0.15) is 55.1 Å². The summed E-state index contributed by atoms with van der Waals surface area (Å²) in [6.07, 6.45) is 7.92. The number of rotatable bonds is 5. The highest BCUT2D eigenvalue weighted by atomic mass is 32.1. The van der Waals surface area contributed by atoms with Gasteiger partial charge in [0.15, 0.2) is 10.9 Å². The minimum Gasteiger partial charge on any atom is -0.497 e. The number of nitrogens with one attached hydrogen (secondary N) is 1. The Morgan fingerprint density at radius 1 is 1.21 bits per heavy atom. The zero-order chi connectivity index (χ0) is 17.4. The van der Waals surface area contributed by atoms with Crippen LogP contribution in [-0.2, 0) is 0 Å². The molecule has 1 heterocycles. The lowest BCUT2D eigenvalue weighted by Crippen LogP contribution is -1.98. The van der Waals surface area contributed by atoms with Crippen LogP contribution in [0.25, 0.3) is 0 Å². The molecule has 130 valence electrons. The number of benzene rings is 1. The molecule has 1 aromatic heterocycles. The third kappa shape index (κ3) is 5.23. The van der Waals surface area contributed by atoms with Crippen molar-refractivity contribution >= 4 is 33.8 Å². The van der Waals surface area contributed by atoms with Crippen molar-refractivity contribution in [2.45, 2.75) is 45.4 Å². The molecule has 1 aromatic carbocycles. The third-order valence-electron chi connectivity index (χ3n) is 3.82. The molecule has 3 N–H and O–H groups in total. The summed E-state index contributed by atoms with van der Waals surface area (Å²) in [5.74, 6) is 1.08. The van der Waals surface area contributed by atoms with Crippen LogP contribution in [0.5, 0.6) is 5.75 Å². The lowest BCUT2D eigenvalue weighted by atomic mass is 10.3. The quantitative estimate of drug-likeness (QED) is 0.743. The standard InChI is InChI=1S/C13H15N3O2S.C5H10/c1-3-10(17)11-12(14)16-13(19-11)15-8-4-6-9(18-2)7-5-8;1-2-4-5-3-1/h4-7H,3,14H2,1-2H3,(H,15,16);1-5H2. The Morgan fingerprint density at radius 2 is 1.79 bits per heavy atom. The molecule has 0 atom stereocenters. The number of anilines is 3. The highest BCUT2D eigenvalue weighted by molar-refractivity contribution is 7.18. The number of thiazole rings is 1. The van der Waals surface area contributed by atoms with E-state index in [9.17, 15) is 4.79 Å². The average Bonchev–Trinajstić information content (AvgIpc) is 3.28. The first-order valence-electron chi connectivity index (χ1n) is 8.34. The van der Waals surface area contributed by atoms with Gasteiger partial charge in [0.2, 0.25) is 0 Å². The minimum atomic E-state index is 0.0118. The van der Waals surface area contributed by atoms with Gasteiger partial charge in [-0.25, -0.2) is 4.98 Å². The molecule has 0 aliphatic heterocycles. The predicted octanol–water partition coefficient (Wildman–Crippen LogP) is 5.02. The van der Waals surface area contributed by atoms with Gasteiger partial charge in [0.25, 0.3) is 0 Å². The molecule has 6 heteroatoms. The van der Waals surface area contributed by atoms with Gasteiger partial charge < -0.3 is 15.8 Å². The maximum Gasteiger partial charge on any atom is 0.189 e. The topological polar surface area (TPSA) is 77.2 Å². The minimum absolute atomic E-state index is 0.0118. The van der Waals surface area contributed by atoms with E-state index in [1.807, 2.05) is 24.3 Å². The van der Waals surface area contributed by atoms with Gasteiger partial charge in [-0.15, -0.1) is 0 Å². The van der Waals surface area contributed by atoms with Gasteiger partial charge in [-0.2, -0.15) is 0 Å². The normalized spacial score (nSPS) is 13.1. The molecule has 1 aliphatic rings. The predicted molar refractivity (Wildman–Crippen MR) is 101 cm³/mol. The van der Waals surface area contributed by atoms with Crippen molar-refractivity contribution < 1.29 is 9.53 Å². The molecule has 0 bridgehead atoms. The Hall–Kier alpha value is -2.08. The van der Waals surface area contributed by atoms with Crippen LogP contribution in [0.15, 0.2) is 24.3 Å². The number of nitrogens with zero attached hydrogens (tertiary/aromatic N) is 1. The molecule has 24 heavy (non-hydrogen) atoms. The number of Topliss-reactive ketones (excluding diaryl/α,β-unsaturated/α-hetero) is 1. The van der Waals surface area contributed by atoms with E-state index in [-0.39, 0.29) is 11.6 Å². The van der Waals surface area contributed by atoms with Crippen molar-refractivity contribution in [3.05, 3.63) is 29.1 Å². The van der Waals surface area contributed by atoms with Gasteiger partial charge >= 0.3 is 0 Å². The number of methoxy groups -OCH3 is 1. The molecule has 2 aromatic rings. The summed E-state index contributed by atoms with van der Waals surface area (Å²) in [6.45, 7) is 1.80. The summed E-state index contributed by atoms with van der Waals surface area (Å²) in [5.41, 5.74) is 6.60. The van der Waals surface area contributed by atoms with Crippen molar-refractivity contribution in [3.63, 3.8) is 0 Å². The fraction of sp³-hybridized carbons (Fsp3) is 0.444. The molecule has 0 radical (unpaired) electrons. The molecule has 0 unspecified atom stereocenters. The molecule has 3 rings (SSSR count). The van der Waals surface area contributed by atoms with Crippen molar-refractivity contribution in [1.82, 2.24) is 4.98 Å². The van der Waals surface area contributed by atoms with Crippen LogP contribution in [0, 0.1) is 0 Å². The lowest BCUT2D eigenvalue weighted by molar-refractivity contribution is 0.0992. The Kier molecular flexibility index (Phi) is 7.06. The Morgan fingerprint density at radius 3 is 2.29 bits per heavy atom. The SMILES string of the molecule is C1CCCC1.CCC(=O)c1sc(Nc2ccc(OC)cc2)nc1N. The van der Waals surface area contributed by atoms with Crippen LogP contribution in [0.3, 0.4) is 0 Å². The largest absolute Gasteiger partial charge is 0.497 e. The van der Waals surface area contributed by atoms with E-state index in [2.05, 4.69) is 10.3 Å². The molecule has 5 nitrogen and oxygen atoms in total. The number of hydrogen-bond acceptors (Lipinski definition) is 6. The second-order valence-corrected chi connectivity index (χ2v) is 6.63. The van der Waals surface area contributed by atoms with Crippen LogP contribution in [0.4, 0.5) is 16.6 Å². The Labute approximate surface area is 147 Å². The Balaban J connectivity index is 0.000000355. The molecule has 1 fully saturated rings. The Bertz CT molecular complexity index is 641. The van der Waals surface area contributed by atoms with E-state index in [4.69, 9.17) is 10.5 Å². The second kappa shape index (κ2) is 9.27. The summed E-state index contributed by atoms with van der Waals surface area (Å²) in [4.78, 5) is 16.3. The fourth-order valence-corrected chi connectivity index (χ4v) is 3.34. The maximum atomic E-state index is 11.6. The summed E-state index contributed by atoms with van der Waals surface area (Å²) < 4.78 is 5.08. The summed E-state index contributed by atoms with van der Waals surface area (Å²) in [7, 11) is 1.62. The van der Waals surface area contributed by atoms with Gasteiger partial charge in [-0.05, 0) is 24.3 Å². The van der Waals surface area contributed by atoms with E-state index >= 15 is 0 Å². The number of ether oxygens (including phenoxy) is 1. The summed E-state index contributed by atoms with van der Waals surface area (Å²) in [5, 5.41) is 3.73. The van der Waals surface area contributed by atoms with Crippen LogP contribution >= 0.6 is 11.3 Å². The number of ketones is 1. The van der Waals surface area contributed by atoms with Gasteiger partial charge in [0.1, 0.15) is 16.4 Å². The molecule has 0 amide bonds. The van der Waals surface area contributed by atoms with Crippen LogP contribution < -0.4 is 15.8 Å². The second-order valence-electron chi connectivity index (χ2n) is 5.63. The first-order valence-corrected chi connectivity index (χ1v) is 9.16. The number of hydrogen-bond donors (Lipinski definition) is 2. The van der Waals surface area contributed by atoms with E-state index < -0.39 is 0 Å². The van der Waals surface area contributed by atoms with Gasteiger partial charge in [0, 0.05) is 12.1 Å². The monoisotopic (exact) mass is 347 g/mol. The van der Waals surface area contributed by atoms with Gasteiger partial charge in [-0.1, -0.05) is 50.4 Å². The highest BCUT2D eigenvalue weighted by Gasteiger charge is 2.14. The van der Waals surface area contributed by atoms with Crippen molar-refractivity contribution in [2.75, 3.05) is 18.2 Å². The highest BCUT2D eigenvalue weighted by Crippen LogP contribution is 2.29. The maximum absolute atomic E-state index is 11.6. The van der Waals surface area contributed by atoms with Crippen molar-refractivity contribution in [2.24, 2.45) is 0 Å².